The van der Waals surface area contributed by atoms with Crippen molar-refractivity contribution in [2.45, 2.75) is 64.3 Å². The number of aromatic nitrogens is 2. The lowest BCUT2D eigenvalue weighted by atomic mass is 9.96. The molecular formula is C14H22BrF2N3. The number of rotatable bonds is 6. The molecule has 0 bridgehead atoms. The van der Waals surface area contributed by atoms with Gasteiger partial charge in [0.15, 0.2) is 0 Å². The Morgan fingerprint density at radius 2 is 2.20 bits per heavy atom. The number of unbranched alkanes of at least 4 members (excludes halogenated alkanes) is 1. The highest BCUT2D eigenvalue weighted by Gasteiger charge is 2.32. The lowest BCUT2D eigenvalue weighted by Gasteiger charge is -2.24. The van der Waals surface area contributed by atoms with Gasteiger partial charge in [-0.15, -0.1) is 0 Å². The Morgan fingerprint density at radius 3 is 2.80 bits per heavy atom. The molecule has 20 heavy (non-hydrogen) atoms. The SMILES string of the molecule is CCCCC(CC)c1nn2c(c1Br)NCCC2C(F)F. The highest BCUT2D eigenvalue weighted by molar-refractivity contribution is 9.10. The summed E-state index contributed by atoms with van der Waals surface area (Å²) in [5.74, 6) is 1.05. The number of anilines is 1. The Kier molecular flexibility index (Phi) is 5.41. The van der Waals surface area contributed by atoms with Crippen molar-refractivity contribution >= 4 is 21.7 Å². The minimum Gasteiger partial charge on any atom is -0.369 e. The van der Waals surface area contributed by atoms with Crippen LogP contribution in [-0.2, 0) is 0 Å². The zero-order valence-electron chi connectivity index (χ0n) is 12.0. The quantitative estimate of drug-likeness (QED) is 0.787. The average Bonchev–Trinajstić information content (AvgIpc) is 2.77. The first-order chi connectivity index (χ1) is 9.60. The first-order valence-corrected chi connectivity index (χ1v) is 8.19. The summed E-state index contributed by atoms with van der Waals surface area (Å²) in [6, 6.07) is -0.806. The van der Waals surface area contributed by atoms with Crippen LogP contribution in [0.4, 0.5) is 14.6 Å². The average molecular weight is 350 g/mol. The fraction of sp³-hybridized carbons (Fsp3) is 0.786. The number of hydrogen-bond donors (Lipinski definition) is 1. The summed E-state index contributed by atoms with van der Waals surface area (Å²) in [4.78, 5) is 0. The molecule has 1 aliphatic rings. The summed E-state index contributed by atoms with van der Waals surface area (Å²) < 4.78 is 28.6. The molecule has 2 unspecified atom stereocenters. The molecule has 1 aliphatic heterocycles. The van der Waals surface area contributed by atoms with Crippen LogP contribution in [0.1, 0.15) is 63.6 Å². The highest BCUT2D eigenvalue weighted by Crippen LogP contribution is 2.40. The van der Waals surface area contributed by atoms with Gasteiger partial charge < -0.3 is 5.32 Å². The van der Waals surface area contributed by atoms with E-state index in [0.29, 0.717) is 24.7 Å². The number of nitrogens with zero attached hydrogens (tertiary/aromatic N) is 2. The Bertz CT molecular complexity index is 448. The van der Waals surface area contributed by atoms with E-state index in [2.05, 4.69) is 40.2 Å². The summed E-state index contributed by atoms with van der Waals surface area (Å²) in [7, 11) is 0. The molecule has 2 rings (SSSR count). The molecule has 0 aromatic carbocycles. The van der Waals surface area contributed by atoms with Crippen LogP contribution in [0.25, 0.3) is 0 Å². The molecule has 0 radical (unpaired) electrons. The van der Waals surface area contributed by atoms with Crippen molar-refractivity contribution in [1.29, 1.82) is 0 Å². The monoisotopic (exact) mass is 349 g/mol. The van der Waals surface area contributed by atoms with Crippen molar-refractivity contribution in [3.05, 3.63) is 10.2 Å². The molecule has 0 amide bonds. The molecule has 0 spiro atoms. The topological polar surface area (TPSA) is 29.9 Å². The van der Waals surface area contributed by atoms with Crippen molar-refractivity contribution < 1.29 is 8.78 Å². The molecule has 0 saturated carbocycles. The fourth-order valence-electron chi connectivity index (χ4n) is 2.77. The van der Waals surface area contributed by atoms with Crippen LogP contribution < -0.4 is 5.32 Å². The molecule has 0 fully saturated rings. The molecule has 1 N–H and O–H groups in total. The van der Waals surface area contributed by atoms with E-state index in [4.69, 9.17) is 0 Å². The molecule has 1 aromatic heterocycles. The first kappa shape index (κ1) is 15.7. The van der Waals surface area contributed by atoms with E-state index in [9.17, 15) is 8.78 Å². The predicted molar refractivity (Wildman–Crippen MR) is 80.6 cm³/mol. The molecule has 0 saturated heterocycles. The summed E-state index contributed by atoms with van der Waals surface area (Å²) in [5, 5.41) is 7.70. The number of fused-ring (bicyclic) bond motifs is 1. The smallest absolute Gasteiger partial charge is 0.260 e. The van der Waals surface area contributed by atoms with Crippen LogP contribution in [-0.4, -0.2) is 22.8 Å². The van der Waals surface area contributed by atoms with E-state index in [0.717, 1.165) is 35.8 Å². The fourth-order valence-corrected chi connectivity index (χ4v) is 3.49. The van der Waals surface area contributed by atoms with Gasteiger partial charge in [-0.2, -0.15) is 5.10 Å². The second-order valence-corrected chi connectivity index (χ2v) is 6.15. The molecule has 2 heterocycles. The maximum atomic E-state index is 13.1. The van der Waals surface area contributed by atoms with Crippen LogP contribution in [0.3, 0.4) is 0 Å². The molecular weight excluding hydrogens is 328 g/mol. The van der Waals surface area contributed by atoms with Gasteiger partial charge >= 0.3 is 0 Å². The normalized spacial score (nSPS) is 19.8. The third kappa shape index (κ3) is 3.00. The van der Waals surface area contributed by atoms with Crippen molar-refractivity contribution in [3.8, 4) is 0 Å². The molecule has 3 nitrogen and oxygen atoms in total. The van der Waals surface area contributed by atoms with Gasteiger partial charge in [-0.25, -0.2) is 13.5 Å². The standard InChI is InChI=1S/C14H22BrF2N3/c1-3-5-6-9(4-2)12-11(15)14-18-8-7-10(13(16)17)20(14)19-12/h9-10,13,18H,3-8H2,1-2H3. The number of hydrogen-bond acceptors (Lipinski definition) is 2. The van der Waals surface area contributed by atoms with Gasteiger partial charge in [-0.3, -0.25) is 0 Å². The Balaban J connectivity index is 2.31. The zero-order chi connectivity index (χ0) is 14.7. The molecule has 6 heteroatoms. The van der Waals surface area contributed by atoms with Crippen LogP contribution in [0, 0.1) is 0 Å². The number of alkyl halides is 2. The van der Waals surface area contributed by atoms with E-state index >= 15 is 0 Å². The largest absolute Gasteiger partial charge is 0.369 e. The Morgan fingerprint density at radius 1 is 1.45 bits per heavy atom. The minimum absolute atomic E-state index is 0.336. The van der Waals surface area contributed by atoms with Gasteiger partial charge in [0.2, 0.25) is 0 Å². The van der Waals surface area contributed by atoms with E-state index < -0.39 is 12.5 Å². The number of halogens is 3. The predicted octanol–water partition coefficient (Wildman–Crippen LogP) is 4.95. The highest BCUT2D eigenvalue weighted by atomic mass is 79.9. The zero-order valence-corrected chi connectivity index (χ0v) is 13.6. The maximum absolute atomic E-state index is 13.1. The van der Waals surface area contributed by atoms with Crippen molar-refractivity contribution in [1.82, 2.24) is 9.78 Å². The van der Waals surface area contributed by atoms with E-state index in [1.165, 1.54) is 4.68 Å². The third-order valence-electron chi connectivity index (χ3n) is 4.00. The minimum atomic E-state index is -2.37. The van der Waals surface area contributed by atoms with Crippen molar-refractivity contribution in [2.24, 2.45) is 0 Å². The Labute approximate surface area is 127 Å². The summed E-state index contributed by atoms with van der Waals surface area (Å²) >= 11 is 3.56. The second kappa shape index (κ2) is 6.87. The lowest BCUT2D eigenvalue weighted by Crippen LogP contribution is -2.28. The van der Waals surface area contributed by atoms with Crippen LogP contribution in [0.15, 0.2) is 4.47 Å². The van der Waals surface area contributed by atoms with Gasteiger partial charge in [0.05, 0.1) is 10.2 Å². The van der Waals surface area contributed by atoms with Crippen molar-refractivity contribution in [2.75, 3.05) is 11.9 Å². The lowest BCUT2D eigenvalue weighted by molar-refractivity contribution is 0.0712. The van der Waals surface area contributed by atoms with Gasteiger partial charge in [0.25, 0.3) is 6.43 Å². The number of nitrogens with one attached hydrogen (secondary N) is 1. The van der Waals surface area contributed by atoms with E-state index in [1.54, 1.807) is 0 Å². The van der Waals surface area contributed by atoms with Gasteiger partial charge in [0, 0.05) is 12.5 Å². The summed E-state index contributed by atoms with van der Waals surface area (Å²) in [6.45, 7) is 4.86. The molecule has 114 valence electrons. The summed E-state index contributed by atoms with van der Waals surface area (Å²) in [6.07, 6.45) is 2.37. The van der Waals surface area contributed by atoms with Crippen LogP contribution in [0.2, 0.25) is 0 Å². The van der Waals surface area contributed by atoms with Crippen LogP contribution >= 0.6 is 15.9 Å². The van der Waals surface area contributed by atoms with Gasteiger partial charge in [0.1, 0.15) is 11.9 Å². The Hall–Kier alpha value is -0.650. The molecule has 1 aromatic rings. The maximum Gasteiger partial charge on any atom is 0.260 e. The molecule has 0 aliphatic carbocycles. The van der Waals surface area contributed by atoms with Gasteiger partial charge in [-0.1, -0.05) is 26.7 Å². The second-order valence-electron chi connectivity index (χ2n) is 5.36. The van der Waals surface area contributed by atoms with Gasteiger partial charge in [-0.05, 0) is 35.2 Å². The van der Waals surface area contributed by atoms with Crippen LogP contribution in [0.5, 0.6) is 0 Å². The van der Waals surface area contributed by atoms with Crippen molar-refractivity contribution in [3.63, 3.8) is 0 Å². The third-order valence-corrected chi connectivity index (χ3v) is 4.78. The first-order valence-electron chi connectivity index (χ1n) is 7.40. The van der Waals surface area contributed by atoms with E-state index in [1.807, 2.05) is 0 Å². The van der Waals surface area contributed by atoms with E-state index in [-0.39, 0.29) is 0 Å². The summed E-state index contributed by atoms with van der Waals surface area (Å²) in [5.41, 5.74) is 0.927. The molecule has 2 atom stereocenters.